The predicted molar refractivity (Wildman–Crippen MR) is 174 cm³/mol. The Morgan fingerprint density at radius 3 is 2.02 bits per heavy atom. The van der Waals surface area contributed by atoms with E-state index in [-0.39, 0.29) is 24.5 Å². The summed E-state index contributed by atoms with van der Waals surface area (Å²) in [4.78, 5) is 50.8. The zero-order valence-corrected chi connectivity index (χ0v) is 28.4. The van der Waals surface area contributed by atoms with Crippen molar-refractivity contribution >= 4 is 55.0 Å². The standard InChI is InChI=1S/C32H38N2O11S2/c1-18(31(37)33-47(5,40)41)9-23(35)29-14-20-11-26(25(43-4)15-28(20)46-29)44-7-6-8-45-27-13-22-17-34(16-21(22)12-24(27)42-3)30(36)10-19(2)32(38)39/h11-15,18-19H,6-10,16-17H2,1-5H3,(H,33,37)(H,38,39)/t18-,19-/m0/s1. The van der Waals surface area contributed by atoms with E-state index < -0.39 is 33.7 Å². The monoisotopic (exact) mass is 690 g/mol. The van der Waals surface area contributed by atoms with Gasteiger partial charge in [0.25, 0.3) is 0 Å². The van der Waals surface area contributed by atoms with Gasteiger partial charge in [0.1, 0.15) is 0 Å². The van der Waals surface area contributed by atoms with Crippen LogP contribution in [0.15, 0.2) is 30.3 Å². The number of rotatable bonds is 16. The minimum absolute atomic E-state index is 0.0679. The van der Waals surface area contributed by atoms with Crippen molar-refractivity contribution in [3.05, 3.63) is 46.3 Å². The van der Waals surface area contributed by atoms with E-state index in [2.05, 4.69) is 0 Å². The van der Waals surface area contributed by atoms with Gasteiger partial charge in [-0.25, -0.2) is 8.42 Å². The molecule has 0 saturated heterocycles. The third-order valence-corrected chi connectivity index (χ3v) is 9.28. The van der Waals surface area contributed by atoms with E-state index in [1.165, 1.54) is 39.4 Å². The van der Waals surface area contributed by atoms with E-state index in [0.717, 1.165) is 27.5 Å². The first kappa shape index (κ1) is 35.5. The van der Waals surface area contributed by atoms with Crippen molar-refractivity contribution in [2.45, 2.75) is 46.2 Å². The van der Waals surface area contributed by atoms with Gasteiger partial charge in [-0.1, -0.05) is 13.8 Å². The van der Waals surface area contributed by atoms with Gasteiger partial charge >= 0.3 is 5.97 Å². The molecule has 0 fully saturated rings. The number of methoxy groups -OCH3 is 2. The quantitative estimate of drug-likeness (QED) is 0.164. The van der Waals surface area contributed by atoms with Crippen LogP contribution >= 0.6 is 11.3 Å². The molecule has 2 atom stereocenters. The van der Waals surface area contributed by atoms with Gasteiger partial charge in [0.05, 0.1) is 44.5 Å². The lowest BCUT2D eigenvalue weighted by atomic mass is 10.0. The molecule has 1 aliphatic rings. The first-order valence-electron chi connectivity index (χ1n) is 14.8. The molecule has 47 heavy (non-hydrogen) atoms. The van der Waals surface area contributed by atoms with Gasteiger partial charge in [0, 0.05) is 49.0 Å². The largest absolute Gasteiger partial charge is 0.493 e. The number of carbonyl (C=O) groups is 4. The van der Waals surface area contributed by atoms with Crippen LogP contribution in [0, 0.1) is 11.8 Å². The van der Waals surface area contributed by atoms with Crippen LogP contribution in [0.3, 0.4) is 0 Å². The van der Waals surface area contributed by atoms with Gasteiger partial charge in [-0.3, -0.25) is 23.9 Å². The number of carboxylic acids is 1. The normalized spacial score (nSPS) is 13.9. The molecule has 1 aliphatic heterocycles. The van der Waals surface area contributed by atoms with Crippen molar-refractivity contribution in [2.75, 3.05) is 33.7 Å². The van der Waals surface area contributed by atoms with E-state index in [0.29, 0.717) is 60.6 Å². The molecule has 0 bridgehead atoms. The predicted octanol–water partition coefficient (Wildman–Crippen LogP) is 4.00. The first-order chi connectivity index (χ1) is 22.2. The molecule has 15 heteroatoms. The van der Waals surface area contributed by atoms with Crippen LogP contribution in [-0.4, -0.2) is 75.7 Å². The summed E-state index contributed by atoms with van der Waals surface area (Å²) in [6, 6.07) is 8.93. The van der Waals surface area contributed by atoms with Gasteiger partial charge in [0.2, 0.25) is 21.8 Å². The van der Waals surface area contributed by atoms with Gasteiger partial charge in [0.15, 0.2) is 28.8 Å². The molecule has 0 spiro atoms. The third-order valence-electron chi connectivity index (χ3n) is 7.57. The van der Waals surface area contributed by atoms with Crippen molar-refractivity contribution in [3.63, 3.8) is 0 Å². The maximum Gasteiger partial charge on any atom is 0.306 e. The van der Waals surface area contributed by atoms with E-state index in [1.54, 1.807) is 23.1 Å². The lowest BCUT2D eigenvalue weighted by Crippen LogP contribution is -2.34. The number of thiophene rings is 1. The Hall–Kier alpha value is -4.37. The fraction of sp³-hybridized carbons (Fsp3) is 0.438. The second kappa shape index (κ2) is 15.0. The summed E-state index contributed by atoms with van der Waals surface area (Å²) in [6.45, 7) is 4.34. The summed E-state index contributed by atoms with van der Waals surface area (Å²) < 4.78 is 48.4. The van der Waals surface area contributed by atoms with Gasteiger partial charge < -0.3 is 29.0 Å². The molecule has 0 aliphatic carbocycles. The average molecular weight is 691 g/mol. The highest BCUT2D eigenvalue weighted by Gasteiger charge is 2.28. The molecule has 0 saturated carbocycles. The highest BCUT2D eigenvalue weighted by atomic mass is 32.2. The number of aliphatic carboxylic acids is 1. The molecule has 2 aromatic carbocycles. The second-order valence-electron chi connectivity index (χ2n) is 11.4. The minimum Gasteiger partial charge on any atom is -0.493 e. The Labute approximate surface area is 276 Å². The Kier molecular flexibility index (Phi) is 11.3. The zero-order valence-electron chi connectivity index (χ0n) is 26.8. The fourth-order valence-electron chi connectivity index (χ4n) is 4.97. The highest BCUT2D eigenvalue weighted by Crippen LogP contribution is 2.38. The molecule has 3 aromatic rings. The maximum absolute atomic E-state index is 12.9. The molecule has 2 N–H and O–H groups in total. The number of hydrogen-bond acceptors (Lipinski definition) is 11. The zero-order chi connectivity index (χ0) is 34.5. The lowest BCUT2D eigenvalue weighted by Gasteiger charge is -2.16. The number of sulfonamides is 1. The van der Waals surface area contributed by atoms with Gasteiger partial charge in [-0.05, 0) is 40.8 Å². The number of hydrogen-bond donors (Lipinski definition) is 2. The number of ether oxygens (including phenoxy) is 4. The van der Waals surface area contributed by atoms with Crippen LogP contribution in [0.25, 0.3) is 10.1 Å². The van der Waals surface area contributed by atoms with E-state index in [4.69, 9.17) is 24.1 Å². The molecule has 13 nitrogen and oxygen atoms in total. The van der Waals surface area contributed by atoms with Crippen molar-refractivity contribution in [1.29, 1.82) is 0 Å². The number of carbonyl (C=O) groups excluding carboxylic acids is 3. The summed E-state index contributed by atoms with van der Waals surface area (Å²) >= 11 is 1.24. The number of fused-ring (bicyclic) bond motifs is 2. The van der Waals surface area contributed by atoms with Crippen LogP contribution in [0.1, 0.15) is 53.9 Å². The summed E-state index contributed by atoms with van der Waals surface area (Å²) in [5.74, 6) is -1.82. The second-order valence-corrected chi connectivity index (χ2v) is 14.3. The summed E-state index contributed by atoms with van der Waals surface area (Å²) in [7, 11) is -0.670. The lowest BCUT2D eigenvalue weighted by molar-refractivity contribution is -0.145. The topological polar surface area (TPSA) is 175 Å². The van der Waals surface area contributed by atoms with Crippen molar-refractivity contribution in [2.24, 2.45) is 11.8 Å². The van der Waals surface area contributed by atoms with Crippen LogP contribution in [0.5, 0.6) is 23.0 Å². The first-order valence-corrected chi connectivity index (χ1v) is 17.5. The summed E-state index contributed by atoms with van der Waals surface area (Å²) in [5.41, 5.74) is 1.83. The number of amides is 2. The summed E-state index contributed by atoms with van der Waals surface area (Å²) in [6.07, 6.45) is 1.18. The fourth-order valence-corrected chi connectivity index (χ4v) is 6.56. The van der Waals surface area contributed by atoms with E-state index >= 15 is 0 Å². The Morgan fingerprint density at radius 2 is 1.45 bits per heavy atom. The van der Waals surface area contributed by atoms with E-state index in [1.807, 2.05) is 16.9 Å². The smallest absolute Gasteiger partial charge is 0.306 e. The number of Topliss-reactive ketones (excluding diaryl/α,β-unsaturated/α-hetero) is 1. The molecule has 2 heterocycles. The SMILES string of the molecule is COc1cc2c(cc1OCCCOc1cc3cc(C(=O)C[C@H](C)C(=O)NS(C)(=O)=O)sc3cc1OC)CN(C(=O)C[C@H](C)C(=O)O)C2. The highest BCUT2D eigenvalue weighted by molar-refractivity contribution is 7.89. The number of carboxylic acid groups (broad SMARTS) is 1. The number of benzene rings is 2. The van der Waals surface area contributed by atoms with Crippen molar-refractivity contribution in [3.8, 4) is 23.0 Å². The number of nitrogens with one attached hydrogen (secondary N) is 1. The Bertz CT molecular complexity index is 1780. The van der Waals surface area contributed by atoms with E-state index in [9.17, 15) is 27.6 Å². The molecular weight excluding hydrogens is 652 g/mol. The van der Waals surface area contributed by atoms with Crippen LogP contribution in [0.4, 0.5) is 0 Å². The molecule has 0 unspecified atom stereocenters. The number of nitrogens with zero attached hydrogens (tertiary/aromatic N) is 1. The maximum atomic E-state index is 12.9. The average Bonchev–Trinajstić information content (AvgIpc) is 3.62. The van der Waals surface area contributed by atoms with Gasteiger partial charge in [-0.15, -0.1) is 11.3 Å². The van der Waals surface area contributed by atoms with Crippen molar-refractivity contribution < 1.29 is 51.6 Å². The number of ketones is 1. The molecular formula is C32H38N2O11S2. The molecule has 4 rings (SSSR count). The summed E-state index contributed by atoms with van der Waals surface area (Å²) in [5, 5.41) is 9.89. The third kappa shape index (κ3) is 9.13. The molecule has 0 radical (unpaired) electrons. The Morgan fingerprint density at radius 1 is 0.872 bits per heavy atom. The van der Waals surface area contributed by atoms with Crippen LogP contribution < -0.4 is 23.7 Å². The van der Waals surface area contributed by atoms with Gasteiger partial charge in [-0.2, -0.15) is 0 Å². The molecule has 254 valence electrons. The molecule has 2 amide bonds. The minimum atomic E-state index is -3.72. The van der Waals surface area contributed by atoms with Crippen molar-refractivity contribution in [1.82, 2.24) is 9.62 Å². The Balaban J connectivity index is 1.33. The molecule has 1 aromatic heterocycles. The van der Waals surface area contributed by atoms with Crippen LogP contribution in [-0.2, 0) is 37.5 Å². The van der Waals surface area contributed by atoms with Crippen LogP contribution in [0.2, 0.25) is 0 Å².